The van der Waals surface area contributed by atoms with Crippen LogP contribution in [-0.4, -0.2) is 31.7 Å². The van der Waals surface area contributed by atoms with Gasteiger partial charge in [-0.15, -0.1) is 0 Å². The van der Waals surface area contributed by atoms with Crippen LogP contribution in [0.15, 0.2) is 36.0 Å². The Morgan fingerprint density at radius 3 is 2.48 bits per heavy atom. The molecule has 1 aromatic rings. The highest BCUT2D eigenvalue weighted by atomic mass is 32.2. The van der Waals surface area contributed by atoms with Crippen molar-refractivity contribution >= 4 is 15.9 Å². The highest BCUT2D eigenvalue weighted by Gasteiger charge is 2.46. The van der Waals surface area contributed by atoms with Gasteiger partial charge < -0.3 is 5.32 Å². The van der Waals surface area contributed by atoms with Crippen LogP contribution in [-0.2, 0) is 14.8 Å². The standard InChI is InChI=1S/C23H28N2O3S/c1-18-7-5-6-8-19(18)11-16-29(27,28)25-14-12-23(13-15-25)17-21(24-22(23)26)20-9-3-2-4-10-20/h5-8,17,20H,2-4,9-10,12-15H2,1H3,(H,24,26). The van der Waals surface area contributed by atoms with Crippen molar-refractivity contribution in [3.8, 4) is 11.2 Å². The van der Waals surface area contributed by atoms with Crippen LogP contribution in [0.5, 0.6) is 0 Å². The molecule has 0 unspecified atom stereocenters. The summed E-state index contributed by atoms with van der Waals surface area (Å²) in [4.78, 5) is 12.7. The topological polar surface area (TPSA) is 66.5 Å². The number of hydrogen-bond donors (Lipinski definition) is 1. The number of nitrogens with zero attached hydrogens (tertiary/aromatic N) is 1. The predicted molar refractivity (Wildman–Crippen MR) is 113 cm³/mol. The lowest BCUT2D eigenvalue weighted by atomic mass is 9.78. The molecular weight excluding hydrogens is 384 g/mol. The van der Waals surface area contributed by atoms with Crippen molar-refractivity contribution in [3.05, 3.63) is 47.2 Å². The van der Waals surface area contributed by atoms with Gasteiger partial charge in [0.2, 0.25) is 5.91 Å². The summed E-state index contributed by atoms with van der Waals surface area (Å²) in [6, 6.07) is 7.49. The number of hydrogen-bond acceptors (Lipinski definition) is 3. The Labute approximate surface area is 173 Å². The number of piperidine rings is 1. The van der Waals surface area contributed by atoms with Gasteiger partial charge >= 0.3 is 0 Å². The third-order valence-electron chi connectivity index (χ3n) is 6.60. The van der Waals surface area contributed by atoms with E-state index in [2.05, 4.69) is 22.6 Å². The number of aryl methyl sites for hydroxylation is 1. The van der Waals surface area contributed by atoms with Gasteiger partial charge in [-0.05, 0) is 62.2 Å². The lowest BCUT2D eigenvalue weighted by Crippen LogP contribution is -2.45. The molecule has 2 aliphatic heterocycles. The maximum absolute atomic E-state index is 12.7. The van der Waals surface area contributed by atoms with E-state index in [0.717, 1.165) is 29.7 Å². The molecule has 0 radical (unpaired) electrons. The van der Waals surface area contributed by atoms with Crippen LogP contribution >= 0.6 is 0 Å². The molecule has 0 atom stereocenters. The van der Waals surface area contributed by atoms with Crippen LogP contribution in [0.1, 0.15) is 56.1 Å². The average molecular weight is 413 g/mol. The van der Waals surface area contributed by atoms with Crippen LogP contribution in [0.3, 0.4) is 0 Å². The number of amides is 1. The molecule has 1 saturated carbocycles. The average Bonchev–Trinajstić information content (AvgIpc) is 3.04. The van der Waals surface area contributed by atoms with Gasteiger partial charge in [0, 0.05) is 29.6 Å². The van der Waals surface area contributed by atoms with E-state index in [1.807, 2.05) is 31.2 Å². The molecular formula is C23H28N2O3S. The molecule has 2 fully saturated rings. The first kappa shape index (κ1) is 20.2. The van der Waals surface area contributed by atoms with Crippen LogP contribution in [0.4, 0.5) is 0 Å². The van der Waals surface area contributed by atoms with E-state index < -0.39 is 15.4 Å². The first-order valence-electron chi connectivity index (χ1n) is 10.5. The summed E-state index contributed by atoms with van der Waals surface area (Å²) in [6.07, 6.45) is 9.13. The van der Waals surface area contributed by atoms with Crippen molar-refractivity contribution in [3.63, 3.8) is 0 Å². The Bertz CT molecular complexity index is 986. The summed E-state index contributed by atoms with van der Waals surface area (Å²) >= 11 is 0. The fraction of sp³-hybridized carbons (Fsp3) is 0.522. The summed E-state index contributed by atoms with van der Waals surface area (Å²) in [7, 11) is -3.68. The van der Waals surface area contributed by atoms with Gasteiger partial charge in [-0.1, -0.05) is 37.5 Å². The van der Waals surface area contributed by atoms with Crippen LogP contribution in [0.2, 0.25) is 0 Å². The fourth-order valence-electron chi connectivity index (χ4n) is 4.68. The van der Waals surface area contributed by atoms with Crippen molar-refractivity contribution in [1.82, 2.24) is 9.62 Å². The van der Waals surface area contributed by atoms with Crippen molar-refractivity contribution in [2.24, 2.45) is 11.3 Å². The molecule has 2 heterocycles. The number of carbonyl (C=O) groups excluding carboxylic acids is 1. The maximum Gasteiger partial charge on any atom is 0.283 e. The predicted octanol–water partition coefficient (Wildman–Crippen LogP) is 3.31. The summed E-state index contributed by atoms with van der Waals surface area (Å²) in [5.74, 6) is 3.29. The van der Waals surface area contributed by atoms with Gasteiger partial charge in [0.1, 0.15) is 0 Å². The molecule has 6 heteroatoms. The summed E-state index contributed by atoms with van der Waals surface area (Å²) < 4.78 is 26.8. The van der Waals surface area contributed by atoms with E-state index >= 15 is 0 Å². The van der Waals surface area contributed by atoms with Gasteiger partial charge in [-0.25, -0.2) is 0 Å². The van der Waals surface area contributed by atoms with E-state index in [-0.39, 0.29) is 5.91 Å². The monoisotopic (exact) mass is 412 g/mol. The molecule has 1 amide bonds. The second kappa shape index (κ2) is 7.97. The number of rotatable bonds is 2. The quantitative estimate of drug-likeness (QED) is 0.758. The van der Waals surface area contributed by atoms with E-state index in [9.17, 15) is 13.2 Å². The molecule has 1 N–H and O–H groups in total. The van der Waals surface area contributed by atoms with E-state index in [1.54, 1.807) is 0 Å². The lowest BCUT2D eigenvalue weighted by Gasteiger charge is -2.34. The van der Waals surface area contributed by atoms with Crippen molar-refractivity contribution in [2.75, 3.05) is 13.1 Å². The largest absolute Gasteiger partial charge is 0.329 e. The second-order valence-electron chi connectivity index (χ2n) is 8.49. The van der Waals surface area contributed by atoms with Gasteiger partial charge in [-0.2, -0.15) is 12.7 Å². The zero-order chi connectivity index (χ0) is 20.5. The minimum absolute atomic E-state index is 0.0427. The van der Waals surface area contributed by atoms with Crippen molar-refractivity contribution < 1.29 is 13.2 Å². The van der Waals surface area contributed by atoms with Gasteiger partial charge in [0.15, 0.2) is 0 Å². The van der Waals surface area contributed by atoms with E-state index in [0.29, 0.717) is 31.8 Å². The third kappa shape index (κ3) is 4.12. The highest BCUT2D eigenvalue weighted by Crippen LogP contribution is 2.42. The fourth-order valence-corrected chi connectivity index (χ4v) is 5.71. The van der Waals surface area contributed by atoms with E-state index in [1.165, 1.54) is 23.6 Å². The van der Waals surface area contributed by atoms with Gasteiger partial charge in [-0.3, -0.25) is 4.79 Å². The number of benzene rings is 1. The number of carbonyl (C=O) groups is 1. The molecule has 3 aliphatic rings. The SMILES string of the molecule is Cc1ccccc1C#CS(=O)(=O)N1CCC2(C=C(C3CCCCC3)NC2=O)CC1. The summed E-state index contributed by atoms with van der Waals surface area (Å²) in [5.41, 5.74) is 2.20. The zero-order valence-electron chi connectivity index (χ0n) is 16.9. The molecule has 29 heavy (non-hydrogen) atoms. The van der Waals surface area contributed by atoms with Crippen LogP contribution in [0.25, 0.3) is 0 Å². The first-order chi connectivity index (χ1) is 13.9. The smallest absolute Gasteiger partial charge is 0.283 e. The molecule has 154 valence electrons. The molecule has 1 aromatic carbocycles. The maximum atomic E-state index is 12.7. The minimum atomic E-state index is -3.68. The normalized spacial score (nSPS) is 22.7. The molecule has 4 rings (SSSR count). The Kier molecular flexibility index (Phi) is 5.54. The number of sulfonamides is 1. The Morgan fingerprint density at radius 1 is 1.10 bits per heavy atom. The Morgan fingerprint density at radius 2 is 1.79 bits per heavy atom. The summed E-state index contributed by atoms with van der Waals surface area (Å²) in [5, 5.41) is 5.59. The molecule has 1 saturated heterocycles. The van der Waals surface area contributed by atoms with Gasteiger partial charge in [0.05, 0.1) is 5.41 Å². The molecule has 5 nitrogen and oxygen atoms in total. The third-order valence-corrected chi connectivity index (χ3v) is 8.01. The lowest BCUT2D eigenvalue weighted by molar-refractivity contribution is -0.128. The Balaban J connectivity index is 1.45. The van der Waals surface area contributed by atoms with Crippen LogP contribution < -0.4 is 5.32 Å². The number of nitrogens with one attached hydrogen (secondary N) is 1. The van der Waals surface area contributed by atoms with Crippen LogP contribution in [0, 0.1) is 29.4 Å². The zero-order valence-corrected chi connectivity index (χ0v) is 17.7. The minimum Gasteiger partial charge on any atom is -0.329 e. The molecule has 1 spiro atoms. The number of allylic oxidation sites excluding steroid dienone is 1. The molecule has 1 aliphatic carbocycles. The second-order valence-corrected chi connectivity index (χ2v) is 10.2. The first-order valence-corrected chi connectivity index (χ1v) is 12.0. The van der Waals surface area contributed by atoms with E-state index in [4.69, 9.17) is 0 Å². The van der Waals surface area contributed by atoms with Crippen molar-refractivity contribution in [2.45, 2.75) is 51.9 Å². The Hall–Kier alpha value is -2.10. The highest BCUT2D eigenvalue weighted by molar-refractivity contribution is 7.93. The summed E-state index contributed by atoms with van der Waals surface area (Å²) in [6.45, 7) is 2.57. The molecule has 0 aromatic heterocycles. The van der Waals surface area contributed by atoms with Crippen molar-refractivity contribution in [1.29, 1.82) is 0 Å². The van der Waals surface area contributed by atoms with Gasteiger partial charge in [0.25, 0.3) is 10.0 Å². The molecule has 0 bridgehead atoms.